The van der Waals surface area contributed by atoms with Crippen LogP contribution < -0.4 is 0 Å². The minimum Gasteiger partial charge on any atom is -0.460 e. The average molecular weight is 617 g/mol. The molecule has 2 aliphatic rings. The van der Waals surface area contributed by atoms with Gasteiger partial charge in [0.15, 0.2) is 5.78 Å². The number of benzene rings is 1. The number of halogens is 2. The largest absolute Gasteiger partial charge is 0.460 e. The third kappa shape index (κ3) is 8.77. The molecule has 7 nitrogen and oxygen atoms in total. The molecule has 42 heavy (non-hydrogen) atoms. The van der Waals surface area contributed by atoms with Crippen LogP contribution in [-0.4, -0.2) is 69.3 Å². The SMILES string of the molecule is C[C@@H]1C[C@H]2C(=O)N([C@H](CCC(=O)OC(C)(C)C)C(=O)CCc3ccc(Cl)c(Cl)n3)CCC(CCc3ccccc3)N2C1. The van der Waals surface area contributed by atoms with Gasteiger partial charge in [0.2, 0.25) is 5.91 Å². The lowest BCUT2D eigenvalue weighted by Crippen LogP contribution is -2.50. The second-order valence-corrected chi connectivity index (χ2v) is 13.5. The third-order valence-corrected chi connectivity index (χ3v) is 8.87. The van der Waals surface area contributed by atoms with Crippen molar-refractivity contribution >= 4 is 40.9 Å². The van der Waals surface area contributed by atoms with E-state index in [1.165, 1.54) is 5.56 Å². The molecule has 4 atom stereocenters. The predicted molar refractivity (Wildman–Crippen MR) is 166 cm³/mol. The second kappa shape index (κ2) is 14.3. The number of amides is 1. The van der Waals surface area contributed by atoms with E-state index in [9.17, 15) is 14.4 Å². The molecule has 228 valence electrons. The van der Waals surface area contributed by atoms with Gasteiger partial charge in [-0.2, -0.15) is 0 Å². The number of ether oxygens (including phenoxy) is 1. The summed E-state index contributed by atoms with van der Waals surface area (Å²) in [7, 11) is 0. The average Bonchev–Trinajstić information content (AvgIpc) is 3.27. The van der Waals surface area contributed by atoms with Gasteiger partial charge >= 0.3 is 5.97 Å². The number of aryl methyl sites for hydroxylation is 2. The lowest BCUT2D eigenvalue weighted by molar-refractivity contribution is -0.156. The maximum atomic E-state index is 14.1. The van der Waals surface area contributed by atoms with Crippen LogP contribution in [0.4, 0.5) is 0 Å². The van der Waals surface area contributed by atoms with E-state index in [1.807, 2.05) is 26.8 Å². The highest BCUT2D eigenvalue weighted by atomic mass is 35.5. The number of ketones is 1. The van der Waals surface area contributed by atoms with Crippen molar-refractivity contribution in [3.05, 3.63) is 63.9 Å². The molecule has 1 unspecified atom stereocenters. The summed E-state index contributed by atoms with van der Waals surface area (Å²) in [6.45, 7) is 9.01. The summed E-state index contributed by atoms with van der Waals surface area (Å²) in [5.41, 5.74) is 1.32. The van der Waals surface area contributed by atoms with Crippen molar-refractivity contribution in [2.45, 2.75) is 103 Å². The van der Waals surface area contributed by atoms with Gasteiger partial charge in [0.25, 0.3) is 0 Å². The Balaban J connectivity index is 1.53. The summed E-state index contributed by atoms with van der Waals surface area (Å²) < 4.78 is 5.54. The number of carbonyl (C=O) groups excluding carboxylic acids is 3. The number of carbonyl (C=O) groups is 3. The van der Waals surface area contributed by atoms with Crippen LogP contribution >= 0.6 is 23.2 Å². The van der Waals surface area contributed by atoms with Gasteiger partial charge in [-0.3, -0.25) is 19.3 Å². The van der Waals surface area contributed by atoms with Crippen molar-refractivity contribution in [2.75, 3.05) is 13.1 Å². The summed E-state index contributed by atoms with van der Waals surface area (Å²) in [6.07, 6.45) is 4.28. The Morgan fingerprint density at radius 1 is 1.07 bits per heavy atom. The molecule has 0 aliphatic carbocycles. The van der Waals surface area contributed by atoms with Gasteiger partial charge in [0, 0.05) is 37.7 Å². The third-order valence-electron chi connectivity index (χ3n) is 8.18. The van der Waals surface area contributed by atoms with Crippen molar-refractivity contribution < 1.29 is 19.1 Å². The molecule has 0 saturated carbocycles. The standard InChI is InChI=1S/C33H43Cl2N3O4/c1-22-20-28-32(41)37(19-18-25(38(28)21-22)13-10-23-8-6-5-7-9-23)27(15-17-30(40)42-33(2,3)4)29(39)16-12-24-11-14-26(34)31(35)36-24/h5-9,11,14,22,25,27-28H,10,12-13,15-21H2,1-4H3/t22-,25?,27-,28+/m1/s1. The lowest BCUT2D eigenvalue weighted by atomic mass is 9.98. The molecule has 0 N–H and O–H groups in total. The topological polar surface area (TPSA) is 79.8 Å². The fourth-order valence-electron chi connectivity index (χ4n) is 6.23. The molecule has 1 aromatic carbocycles. The van der Waals surface area contributed by atoms with Crippen LogP contribution in [0.3, 0.4) is 0 Å². The van der Waals surface area contributed by atoms with Crippen LogP contribution in [0.5, 0.6) is 0 Å². The van der Waals surface area contributed by atoms with Crippen molar-refractivity contribution in [3.63, 3.8) is 0 Å². The molecule has 0 radical (unpaired) electrons. The Morgan fingerprint density at radius 2 is 1.81 bits per heavy atom. The number of pyridine rings is 1. The molecule has 3 heterocycles. The van der Waals surface area contributed by atoms with E-state index < -0.39 is 11.6 Å². The van der Waals surface area contributed by atoms with Gasteiger partial charge in [-0.15, -0.1) is 0 Å². The fraction of sp³-hybridized carbons (Fsp3) is 0.576. The van der Waals surface area contributed by atoms with E-state index >= 15 is 0 Å². The fourth-order valence-corrected chi connectivity index (χ4v) is 6.50. The van der Waals surface area contributed by atoms with Gasteiger partial charge < -0.3 is 9.64 Å². The van der Waals surface area contributed by atoms with Crippen LogP contribution in [0.2, 0.25) is 10.2 Å². The number of rotatable bonds is 11. The zero-order valence-electron chi connectivity index (χ0n) is 25.2. The van der Waals surface area contributed by atoms with E-state index in [1.54, 1.807) is 17.0 Å². The predicted octanol–water partition coefficient (Wildman–Crippen LogP) is 6.32. The summed E-state index contributed by atoms with van der Waals surface area (Å²) in [5, 5.41) is 0.553. The van der Waals surface area contributed by atoms with Crippen molar-refractivity contribution in [2.24, 2.45) is 5.92 Å². The number of esters is 1. The molecule has 2 aromatic rings. The number of Topliss-reactive ketones (excluding diaryl/α,β-unsaturated/α-hetero) is 1. The molecular formula is C33H43Cl2N3O4. The Labute approximate surface area is 259 Å². The molecule has 0 bridgehead atoms. The molecule has 9 heteroatoms. The molecule has 2 aliphatic heterocycles. The van der Waals surface area contributed by atoms with Crippen molar-refractivity contribution in [1.29, 1.82) is 0 Å². The van der Waals surface area contributed by atoms with Crippen LogP contribution in [0.25, 0.3) is 0 Å². The number of fused-ring (bicyclic) bond motifs is 1. The molecule has 2 fully saturated rings. The number of hydrogen-bond acceptors (Lipinski definition) is 6. The Kier molecular flexibility index (Phi) is 11.1. The lowest BCUT2D eigenvalue weighted by Gasteiger charge is -2.32. The van der Waals surface area contributed by atoms with Crippen LogP contribution in [0.15, 0.2) is 42.5 Å². The zero-order chi connectivity index (χ0) is 30.4. The summed E-state index contributed by atoms with van der Waals surface area (Å²) in [6, 6.07) is 13.1. The zero-order valence-corrected chi connectivity index (χ0v) is 26.7. The first-order valence-corrected chi connectivity index (χ1v) is 15.8. The van der Waals surface area contributed by atoms with E-state index in [-0.39, 0.29) is 54.2 Å². The molecule has 1 amide bonds. The molecule has 2 saturated heterocycles. The van der Waals surface area contributed by atoms with E-state index in [0.717, 1.165) is 32.2 Å². The summed E-state index contributed by atoms with van der Waals surface area (Å²) >= 11 is 12.1. The second-order valence-electron chi connectivity index (χ2n) is 12.7. The molecule has 1 aromatic heterocycles. The molecular weight excluding hydrogens is 573 g/mol. The van der Waals surface area contributed by atoms with Crippen LogP contribution in [0.1, 0.15) is 77.5 Å². The Hall–Kier alpha value is -2.48. The summed E-state index contributed by atoms with van der Waals surface area (Å²) in [5.74, 6) is -0.0581. The smallest absolute Gasteiger partial charge is 0.306 e. The molecule has 4 rings (SSSR count). The van der Waals surface area contributed by atoms with Crippen molar-refractivity contribution in [3.8, 4) is 0 Å². The molecule has 0 spiro atoms. The first-order chi connectivity index (χ1) is 19.9. The quantitative estimate of drug-likeness (QED) is 0.217. The summed E-state index contributed by atoms with van der Waals surface area (Å²) in [4.78, 5) is 49.1. The first-order valence-electron chi connectivity index (χ1n) is 15.1. The van der Waals surface area contributed by atoms with E-state index in [0.29, 0.717) is 29.6 Å². The number of aromatic nitrogens is 1. The highest BCUT2D eigenvalue weighted by Crippen LogP contribution is 2.33. The van der Waals surface area contributed by atoms with E-state index in [4.69, 9.17) is 27.9 Å². The number of hydrogen-bond donors (Lipinski definition) is 0. The van der Waals surface area contributed by atoms with Gasteiger partial charge in [0.1, 0.15) is 10.8 Å². The van der Waals surface area contributed by atoms with Crippen LogP contribution in [0, 0.1) is 5.92 Å². The van der Waals surface area contributed by atoms with Gasteiger partial charge in [0.05, 0.1) is 17.1 Å². The monoisotopic (exact) mass is 615 g/mol. The van der Waals surface area contributed by atoms with Crippen LogP contribution in [-0.2, 0) is 32.0 Å². The highest BCUT2D eigenvalue weighted by molar-refractivity contribution is 6.41. The maximum absolute atomic E-state index is 14.1. The highest BCUT2D eigenvalue weighted by Gasteiger charge is 2.45. The van der Waals surface area contributed by atoms with Gasteiger partial charge in [-0.25, -0.2) is 4.98 Å². The Morgan fingerprint density at radius 3 is 2.50 bits per heavy atom. The van der Waals surface area contributed by atoms with Crippen molar-refractivity contribution in [1.82, 2.24) is 14.8 Å². The maximum Gasteiger partial charge on any atom is 0.306 e. The Bertz CT molecular complexity index is 1250. The normalized spacial score (nSPS) is 22.0. The van der Waals surface area contributed by atoms with Gasteiger partial charge in [-0.05, 0) is 82.9 Å². The van der Waals surface area contributed by atoms with Gasteiger partial charge in [-0.1, -0.05) is 60.5 Å². The number of nitrogens with zero attached hydrogens (tertiary/aromatic N) is 3. The minimum absolute atomic E-state index is 0.00300. The minimum atomic E-state index is -0.710. The first kappa shape index (κ1) is 32.4. The van der Waals surface area contributed by atoms with E-state index in [2.05, 4.69) is 41.1 Å².